The number of anilines is 2. The molecule has 3 rings (SSSR count). The van der Waals surface area contributed by atoms with Gasteiger partial charge in [-0.3, -0.25) is 9.10 Å². The van der Waals surface area contributed by atoms with Crippen molar-refractivity contribution in [2.45, 2.75) is 18.7 Å². The van der Waals surface area contributed by atoms with E-state index in [-0.39, 0.29) is 11.4 Å². The van der Waals surface area contributed by atoms with Crippen LogP contribution >= 0.6 is 11.6 Å². The standard InChI is InChI=1S/C22H21ClN2O3S/c1-16-8-13-21(17(2)14-16)25(29(27,28)20-6-4-3-5-7-20)15-22(26)24-19-11-9-18(23)10-12-19/h3-14H,15H2,1-2H3,(H,24,26). The van der Waals surface area contributed by atoms with Crippen molar-refractivity contribution in [3.63, 3.8) is 0 Å². The number of halogens is 1. The average Bonchev–Trinajstić information content (AvgIpc) is 2.69. The van der Waals surface area contributed by atoms with E-state index in [1.807, 2.05) is 26.0 Å². The first kappa shape index (κ1) is 20.9. The predicted octanol–water partition coefficient (Wildman–Crippen LogP) is 4.79. The summed E-state index contributed by atoms with van der Waals surface area (Å²) in [7, 11) is -3.93. The highest BCUT2D eigenvalue weighted by Gasteiger charge is 2.28. The van der Waals surface area contributed by atoms with Gasteiger partial charge in [-0.15, -0.1) is 0 Å². The molecule has 5 nitrogen and oxygen atoms in total. The number of aryl methyl sites for hydroxylation is 2. The second kappa shape index (κ2) is 8.68. The average molecular weight is 429 g/mol. The van der Waals surface area contributed by atoms with Crippen LogP contribution < -0.4 is 9.62 Å². The number of hydrogen-bond acceptors (Lipinski definition) is 3. The zero-order chi connectivity index (χ0) is 21.0. The number of nitrogens with zero attached hydrogens (tertiary/aromatic N) is 1. The van der Waals surface area contributed by atoms with Gasteiger partial charge in [0, 0.05) is 10.7 Å². The van der Waals surface area contributed by atoms with Crippen molar-refractivity contribution in [1.82, 2.24) is 0 Å². The van der Waals surface area contributed by atoms with Crippen molar-refractivity contribution >= 4 is 38.9 Å². The van der Waals surface area contributed by atoms with Gasteiger partial charge in [0.05, 0.1) is 10.6 Å². The van der Waals surface area contributed by atoms with Crippen LogP contribution in [0.5, 0.6) is 0 Å². The van der Waals surface area contributed by atoms with Crippen LogP contribution in [0, 0.1) is 13.8 Å². The van der Waals surface area contributed by atoms with E-state index >= 15 is 0 Å². The summed E-state index contributed by atoms with van der Waals surface area (Å²) >= 11 is 5.87. The minimum atomic E-state index is -3.93. The Hall–Kier alpha value is -2.83. The van der Waals surface area contributed by atoms with E-state index in [1.54, 1.807) is 48.5 Å². The van der Waals surface area contributed by atoms with Crippen LogP contribution in [0.1, 0.15) is 11.1 Å². The summed E-state index contributed by atoms with van der Waals surface area (Å²) in [6.07, 6.45) is 0. The monoisotopic (exact) mass is 428 g/mol. The van der Waals surface area contributed by atoms with Gasteiger partial charge in [0.2, 0.25) is 5.91 Å². The summed E-state index contributed by atoms with van der Waals surface area (Å²) in [5.74, 6) is -0.452. The van der Waals surface area contributed by atoms with Crippen LogP contribution in [-0.4, -0.2) is 20.9 Å². The number of amides is 1. The van der Waals surface area contributed by atoms with Gasteiger partial charge in [0.25, 0.3) is 10.0 Å². The molecule has 0 spiro atoms. The van der Waals surface area contributed by atoms with Gasteiger partial charge in [0.15, 0.2) is 0 Å². The summed E-state index contributed by atoms with van der Waals surface area (Å²) in [6, 6.07) is 20.1. The van der Waals surface area contributed by atoms with E-state index in [2.05, 4.69) is 5.32 Å². The van der Waals surface area contributed by atoms with E-state index in [4.69, 9.17) is 11.6 Å². The van der Waals surface area contributed by atoms with Crippen molar-refractivity contribution in [3.05, 3.63) is 88.9 Å². The zero-order valence-corrected chi connectivity index (χ0v) is 17.7. The van der Waals surface area contributed by atoms with Crippen LogP contribution in [0.3, 0.4) is 0 Å². The van der Waals surface area contributed by atoms with Gasteiger partial charge in [-0.1, -0.05) is 47.5 Å². The summed E-state index contributed by atoms with van der Waals surface area (Å²) in [6.45, 7) is 3.40. The molecule has 0 fully saturated rings. The normalized spacial score (nSPS) is 11.1. The molecular formula is C22H21ClN2O3S. The molecule has 3 aromatic rings. The highest BCUT2D eigenvalue weighted by molar-refractivity contribution is 7.92. The Bertz CT molecular complexity index is 1110. The number of carbonyl (C=O) groups excluding carboxylic acids is 1. The summed E-state index contributed by atoms with van der Waals surface area (Å²) in [5, 5.41) is 3.27. The lowest BCUT2D eigenvalue weighted by Crippen LogP contribution is -2.38. The molecule has 0 atom stereocenters. The Balaban J connectivity index is 1.96. The van der Waals surface area contributed by atoms with Crippen molar-refractivity contribution in [2.24, 2.45) is 0 Å². The number of sulfonamides is 1. The SMILES string of the molecule is Cc1ccc(N(CC(=O)Nc2ccc(Cl)cc2)S(=O)(=O)c2ccccc2)c(C)c1. The molecule has 0 aliphatic rings. The second-order valence-electron chi connectivity index (χ2n) is 6.67. The molecule has 0 saturated heterocycles. The van der Waals surface area contributed by atoms with Crippen LogP contribution in [0.4, 0.5) is 11.4 Å². The van der Waals surface area contributed by atoms with Crippen LogP contribution in [0.25, 0.3) is 0 Å². The van der Waals surface area contributed by atoms with Gasteiger partial charge in [0.1, 0.15) is 6.54 Å². The Labute approximate surface area is 176 Å². The first-order valence-electron chi connectivity index (χ1n) is 8.98. The third kappa shape index (κ3) is 4.96. The number of carbonyl (C=O) groups is 1. The van der Waals surface area contributed by atoms with E-state index in [1.165, 1.54) is 12.1 Å². The van der Waals surface area contributed by atoms with Crippen LogP contribution in [-0.2, 0) is 14.8 Å². The van der Waals surface area contributed by atoms with Gasteiger partial charge in [-0.25, -0.2) is 8.42 Å². The number of benzene rings is 3. The maximum absolute atomic E-state index is 13.3. The lowest BCUT2D eigenvalue weighted by Gasteiger charge is -2.26. The Morgan fingerprint density at radius 3 is 2.24 bits per heavy atom. The smallest absolute Gasteiger partial charge is 0.264 e. The van der Waals surface area contributed by atoms with Crippen molar-refractivity contribution in [1.29, 1.82) is 0 Å². The fraction of sp³-hybridized carbons (Fsp3) is 0.136. The molecule has 0 aliphatic carbocycles. The summed E-state index contributed by atoms with van der Waals surface area (Å²) in [5.41, 5.74) is 2.78. The predicted molar refractivity (Wildman–Crippen MR) is 117 cm³/mol. The highest BCUT2D eigenvalue weighted by Crippen LogP contribution is 2.27. The molecule has 0 aromatic heterocycles. The number of rotatable bonds is 6. The molecule has 1 N–H and O–H groups in total. The molecule has 29 heavy (non-hydrogen) atoms. The lowest BCUT2D eigenvalue weighted by atomic mass is 10.1. The van der Waals surface area contributed by atoms with E-state index in [0.29, 0.717) is 16.4 Å². The topological polar surface area (TPSA) is 66.5 Å². The summed E-state index contributed by atoms with van der Waals surface area (Å²) in [4.78, 5) is 12.8. The van der Waals surface area contributed by atoms with Crippen LogP contribution in [0.15, 0.2) is 77.7 Å². The molecule has 1 amide bonds. The molecule has 0 saturated carbocycles. The molecule has 3 aromatic carbocycles. The minimum Gasteiger partial charge on any atom is -0.325 e. The van der Waals surface area contributed by atoms with Crippen molar-refractivity contribution < 1.29 is 13.2 Å². The molecule has 7 heteroatoms. The van der Waals surface area contributed by atoms with Gasteiger partial charge < -0.3 is 5.32 Å². The second-order valence-corrected chi connectivity index (χ2v) is 8.97. The van der Waals surface area contributed by atoms with Crippen molar-refractivity contribution in [3.8, 4) is 0 Å². The Morgan fingerprint density at radius 2 is 1.62 bits per heavy atom. The quantitative estimate of drug-likeness (QED) is 0.613. The van der Waals surface area contributed by atoms with Gasteiger partial charge in [-0.2, -0.15) is 0 Å². The Morgan fingerprint density at radius 1 is 0.966 bits per heavy atom. The molecule has 0 aliphatic heterocycles. The maximum Gasteiger partial charge on any atom is 0.264 e. The molecule has 0 radical (unpaired) electrons. The highest BCUT2D eigenvalue weighted by atomic mass is 35.5. The van der Waals surface area contributed by atoms with E-state index in [9.17, 15) is 13.2 Å². The van der Waals surface area contributed by atoms with E-state index in [0.717, 1.165) is 15.4 Å². The first-order chi connectivity index (χ1) is 13.8. The maximum atomic E-state index is 13.3. The largest absolute Gasteiger partial charge is 0.325 e. The fourth-order valence-electron chi connectivity index (χ4n) is 2.97. The van der Waals surface area contributed by atoms with Gasteiger partial charge in [-0.05, 0) is 61.9 Å². The third-order valence-electron chi connectivity index (χ3n) is 4.37. The van der Waals surface area contributed by atoms with E-state index < -0.39 is 15.9 Å². The minimum absolute atomic E-state index is 0.124. The molecular weight excluding hydrogens is 408 g/mol. The summed E-state index contributed by atoms with van der Waals surface area (Å²) < 4.78 is 27.8. The van der Waals surface area contributed by atoms with Gasteiger partial charge >= 0.3 is 0 Å². The zero-order valence-electron chi connectivity index (χ0n) is 16.1. The molecule has 0 bridgehead atoms. The molecule has 150 valence electrons. The molecule has 0 unspecified atom stereocenters. The fourth-order valence-corrected chi connectivity index (χ4v) is 4.60. The lowest BCUT2D eigenvalue weighted by molar-refractivity contribution is -0.114. The molecule has 0 heterocycles. The van der Waals surface area contributed by atoms with Crippen molar-refractivity contribution in [2.75, 3.05) is 16.2 Å². The van der Waals surface area contributed by atoms with Crippen LogP contribution in [0.2, 0.25) is 5.02 Å². The third-order valence-corrected chi connectivity index (χ3v) is 6.39. The number of hydrogen-bond donors (Lipinski definition) is 1. The Kier molecular flexibility index (Phi) is 6.25. The number of nitrogens with one attached hydrogen (secondary N) is 1. The first-order valence-corrected chi connectivity index (χ1v) is 10.8.